The minimum Gasteiger partial charge on any atom is -0.480 e. The zero-order valence-corrected chi connectivity index (χ0v) is 19.0. The summed E-state index contributed by atoms with van der Waals surface area (Å²) in [7, 11) is 0. The van der Waals surface area contributed by atoms with E-state index < -0.39 is 78.8 Å². The maximum Gasteiger partial charge on any atom is 0.460 e. The number of amides is 1. The van der Waals surface area contributed by atoms with E-state index in [0.29, 0.717) is 0 Å². The number of ether oxygens (including phenoxy) is 1. The molecule has 0 fully saturated rings. The Bertz CT molecular complexity index is 892. The van der Waals surface area contributed by atoms with Gasteiger partial charge in [0.25, 0.3) is 0 Å². The van der Waals surface area contributed by atoms with Crippen molar-refractivity contribution in [1.82, 2.24) is 5.32 Å². The van der Waals surface area contributed by atoms with E-state index in [1.807, 2.05) is 0 Å². The fourth-order valence-corrected chi connectivity index (χ4v) is 2.56. The molecule has 1 amide bonds. The number of nitrogens with one attached hydrogen (secondary N) is 1. The van der Waals surface area contributed by atoms with Crippen LogP contribution in [0.5, 0.6) is 0 Å². The van der Waals surface area contributed by atoms with Crippen LogP contribution in [0.25, 0.3) is 0 Å². The predicted molar refractivity (Wildman–Crippen MR) is 94.1 cm³/mol. The van der Waals surface area contributed by atoms with Crippen molar-refractivity contribution in [2.45, 2.75) is 79.4 Å². The summed E-state index contributed by atoms with van der Waals surface area (Å²) in [5, 5.41) is 10.3. The smallest absolute Gasteiger partial charge is 0.460 e. The highest BCUT2D eigenvalue weighted by Gasteiger charge is 2.95. The Balaban J connectivity index is 5.93. The molecule has 23 heteroatoms. The van der Waals surface area contributed by atoms with Crippen LogP contribution >= 0.6 is 0 Å². The van der Waals surface area contributed by atoms with E-state index in [9.17, 15) is 84.2 Å². The summed E-state index contributed by atoms with van der Waals surface area (Å²) in [6, 6.07) is -1.82. The molecule has 238 valence electrons. The molecule has 0 saturated heterocycles. The van der Waals surface area contributed by atoms with Gasteiger partial charge in [0.15, 0.2) is 0 Å². The second kappa shape index (κ2) is 11.8. The highest BCUT2D eigenvalue weighted by Crippen LogP contribution is 2.64. The van der Waals surface area contributed by atoms with Crippen molar-refractivity contribution in [3.63, 3.8) is 0 Å². The highest BCUT2D eigenvalue weighted by atomic mass is 19.4. The van der Waals surface area contributed by atoms with Crippen LogP contribution < -0.4 is 11.1 Å². The minimum atomic E-state index is -8.74. The number of carboxylic acid groups (broad SMARTS) is 1. The van der Waals surface area contributed by atoms with Gasteiger partial charge in [-0.2, -0.15) is 74.6 Å². The van der Waals surface area contributed by atoms with E-state index in [2.05, 4.69) is 4.74 Å². The van der Waals surface area contributed by atoms with Crippen molar-refractivity contribution in [3.05, 3.63) is 0 Å². The summed E-state index contributed by atoms with van der Waals surface area (Å²) >= 11 is 0. The number of unbranched alkanes of at least 4 members (excludes halogenated alkanes) is 1. The van der Waals surface area contributed by atoms with Crippen molar-refractivity contribution in [2.75, 3.05) is 13.2 Å². The standard InChI is InChI=1S/C17H17F17N2O4/c18-10(19,4-6-40-9(39)36-7(8(37)38)3-1-2-5-35)11(20,21)12(22,23)13(24,25)14(26,27)15(28,29)16(30,31)17(32,33)34/h7H,1-6,35H2,(H,36,39)(H,37,38)/t7-/m0/s1. The Labute approximate surface area is 211 Å². The lowest BCUT2D eigenvalue weighted by molar-refractivity contribution is -0.461. The van der Waals surface area contributed by atoms with Crippen molar-refractivity contribution in [3.8, 4) is 0 Å². The van der Waals surface area contributed by atoms with Crippen molar-refractivity contribution in [1.29, 1.82) is 0 Å². The Morgan fingerprint density at radius 1 is 0.675 bits per heavy atom. The Hall–Kier alpha value is -2.49. The van der Waals surface area contributed by atoms with Crippen LogP contribution in [0.15, 0.2) is 0 Å². The molecule has 1 atom stereocenters. The minimum absolute atomic E-state index is 0.0416. The van der Waals surface area contributed by atoms with Gasteiger partial charge in [-0.1, -0.05) is 0 Å². The molecule has 0 aromatic carbocycles. The molecule has 0 unspecified atom stereocenters. The van der Waals surface area contributed by atoms with Gasteiger partial charge in [0.2, 0.25) is 0 Å². The van der Waals surface area contributed by atoms with Gasteiger partial charge in [-0.25, -0.2) is 9.59 Å². The molecule has 0 aliphatic carbocycles. The number of carbonyl (C=O) groups excluding carboxylic acids is 1. The molecule has 0 aliphatic heterocycles. The van der Waals surface area contributed by atoms with Crippen LogP contribution in [0.2, 0.25) is 0 Å². The Kier molecular flexibility index (Phi) is 11.0. The monoisotopic (exact) mass is 636 g/mol. The molecule has 0 aromatic rings. The normalized spacial score (nSPS) is 15.6. The van der Waals surface area contributed by atoms with Gasteiger partial charge < -0.3 is 20.9 Å². The predicted octanol–water partition coefficient (Wildman–Crippen LogP) is 5.69. The molecule has 0 bridgehead atoms. The van der Waals surface area contributed by atoms with E-state index in [1.165, 1.54) is 5.32 Å². The maximum absolute atomic E-state index is 13.7. The number of alkyl halides is 17. The summed E-state index contributed by atoms with van der Waals surface area (Å²) in [6.07, 6.45) is -13.0. The number of carboxylic acids is 1. The first-order chi connectivity index (χ1) is 17.5. The van der Waals surface area contributed by atoms with Crippen LogP contribution in [0.3, 0.4) is 0 Å². The number of rotatable bonds is 15. The SMILES string of the molecule is NCCCC[C@H](NC(=O)OCCC(F)(F)C(F)(F)C(F)(F)C(F)(F)C(F)(F)C(F)(F)C(F)(F)C(F)(F)F)C(=O)O. The van der Waals surface area contributed by atoms with E-state index in [-0.39, 0.29) is 25.8 Å². The van der Waals surface area contributed by atoms with Gasteiger partial charge in [0.05, 0.1) is 13.0 Å². The fraction of sp³-hybridized carbons (Fsp3) is 0.882. The largest absolute Gasteiger partial charge is 0.480 e. The lowest BCUT2D eigenvalue weighted by atomic mass is 9.88. The van der Waals surface area contributed by atoms with Gasteiger partial charge >= 0.3 is 59.7 Å². The molecule has 0 saturated carbocycles. The number of hydrogen-bond donors (Lipinski definition) is 3. The lowest BCUT2D eigenvalue weighted by Crippen LogP contribution is -2.74. The van der Waals surface area contributed by atoms with Gasteiger partial charge in [-0.05, 0) is 25.8 Å². The summed E-state index contributed by atoms with van der Waals surface area (Å²) in [6.45, 7) is -2.14. The Morgan fingerprint density at radius 2 is 1.07 bits per heavy atom. The summed E-state index contributed by atoms with van der Waals surface area (Å²) in [4.78, 5) is 22.4. The third-order valence-corrected chi connectivity index (χ3v) is 4.97. The van der Waals surface area contributed by atoms with Crippen LogP contribution in [0, 0.1) is 0 Å². The van der Waals surface area contributed by atoms with Gasteiger partial charge in [0.1, 0.15) is 6.04 Å². The zero-order chi connectivity index (χ0) is 32.4. The third kappa shape index (κ3) is 6.52. The van der Waals surface area contributed by atoms with Gasteiger partial charge in [-0.3, -0.25) is 0 Å². The van der Waals surface area contributed by atoms with Crippen molar-refractivity contribution >= 4 is 12.1 Å². The van der Waals surface area contributed by atoms with Crippen LogP contribution in [0.1, 0.15) is 25.7 Å². The maximum atomic E-state index is 13.7. The summed E-state index contributed by atoms with van der Waals surface area (Å²) < 4.78 is 228. The molecule has 0 radical (unpaired) electrons. The molecule has 0 rings (SSSR count). The first-order valence-electron chi connectivity index (χ1n) is 10.1. The quantitative estimate of drug-likeness (QED) is 0.158. The van der Waals surface area contributed by atoms with E-state index in [4.69, 9.17) is 10.8 Å². The lowest BCUT2D eigenvalue weighted by Gasteiger charge is -2.42. The number of carbonyl (C=O) groups is 2. The van der Waals surface area contributed by atoms with Crippen molar-refractivity contribution < 1.29 is 94.1 Å². The van der Waals surface area contributed by atoms with Crippen molar-refractivity contribution in [2.24, 2.45) is 5.73 Å². The first kappa shape index (κ1) is 37.5. The average molecular weight is 636 g/mol. The van der Waals surface area contributed by atoms with Crippen LogP contribution in [-0.2, 0) is 9.53 Å². The van der Waals surface area contributed by atoms with Crippen LogP contribution in [-0.4, -0.2) is 84.0 Å². The number of halogens is 17. The molecule has 4 N–H and O–H groups in total. The van der Waals surface area contributed by atoms with E-state index in [0.717, 1.165) is 0 Å². The average Bonchev–Trinajstić information content (AvgIpc) is 2.76. The number of nitrogens with two attached hydrogens (primary N) is 1. The molecule has 6 nitrogen and oxygen atoms in total. The molecule has 0 aliphatic rings. The zero-order valence-electron chi connectivity index (χ0n) is 19.0. The van der Waals surface area contributed by atoms with Crippen LogP contribution in [0.4, 0.5) is 79.4 Å². The fourth-order valence-electron chi connectivity index (χ4n) is 2.56. The van der Waals surface area contributed by atoms with Gasteiger partial charge in [0, 0.05) is 0 Å². The molecule has 0 aromatic heterocycles. The molecule has 0 heterocycles. The second-order valence-corrected chi connectivity index (χ2v) is 7.85. The summed E-state index contributed by atoms with van der Waals surface area (Å²) in [5.74, 6) is -59.2. The second-order valence-electron chi connectivity index (χ2n) is 7.85. The summed E-state index contributed by atoms with van der Waals surface area (Å²) in [5.41, 5.74) is 5.12. The molecule has 0 spiro atoms. The number of alkyl carbamates (subject to hydrolysis) is 1. The van der Waals surface area contributed by atoms with E-state index in [1.54, 1.807) is 0 Å². The highest BCUT2D eigenvalue weighted by molar-refractivity contribution is 5.79. The third-order valence-electron chi connectivity index (χ3n) is 4.97. The molecular weight excluding hydrogens is 619 g/mol. The molecule has 40 heavy (non-hydrogen) atoms. The Morgan fingerprint density at radius 3 is 1.45 bits per heavy atom. The van der Waals surface area contributed by atoms with E-state index >= 15 is 0 Å². The molecular formula is C17H17F17N2O4. The number of aliphatic carboxylic acids is 1. The van der Waals surface area contributed by atoms with Gasteiger partial charge in [-0.15, -0.1) is 0 Å². The first-order valence-corrected chi connectivity index (χ1v) is 10.1. The topological polar surface area (TPSA) is 102 Å². The number of hydrogen-bond acceptors (Lipinski definition) is 4.